The Morgan fingerprint density at radius 1 is 1.28 bits per heavy atom. The molecule has 2 nitrogen and oxygen atoms in total. The van der Waals surface area contributed by atoms with Crippen molar-refractivity contribution in [1.82, 2.24) is 10.3 Å². The van der Waals surface area contributed by atoms with Crippen LogP contribution in [-0.2, 0) is 6.42 Å². The molecule has 1 aliphatic heterocycles. The average molecular weight is 240 g/mol. The molecule has 94 valence electrons. The van der Waals surface area contributed by atoms with Crippen LogP contribution in [0.4, 0.5) is 0 Å². The fraction of sp³-hybridized carbons (Fsp3) is 0.500. The first-order chi connectivity index (χ1) is 8.88. The molecule has 1 aliphatic carbocycles. The molecule has 2 aromatic rings. The third kappa shape index (κ3) is 1.33. The molecular formula is C16H20N2. The van der Waals surface area contributed by atoms with Crippen LogP contribution in [0.25, 0.3) is 10.9 Å². The van der Waals surface area contributed by atoms with Gasteiger partial charge in [0.15, 0.2) is 0 Å². The van der Waals surface area contributed by atoms with E-state index in [1.807, 2.05) is 0 Å². The number of hydrogen-bond acceptors (Lipinski definition) is 1. The third-order valence-electron chi connectivity index (χ3n) is 4.99. The predicted octanol–water partition coefficient (Wildman–Crippen LogP) is 3.40. The summed E-state index contributed by atoms with van der Waals surface area (Å²) in [5.74, 6) is 1.70. The average Bonchev–Trinajstić information content (AvgIpc) is 2.75. The summed E-state index contributed by atoms with van der Waals surface area (Å²) in [6, 6.07) is 9.34. The summed E-state index contributed by atoms with van der Waals surface area (Å²) in [7, 11) is 0. The first kappa shape index (κ1) is 10.6. The molecule has 1 aromatic heterocycles. The lowest BCUT2D eigenvalue weighted by Crippen LogP contribution is -2.43. The normalized spacial score (nSPS) is 30.4. The van der Waals surface area contributed by atoms with E-state index in [2.05, 4.69) is 41.5 Å². The highest BCUT2D eigenvalue weighted by molar-refractivity contribution is 5.85. The van der Waals surface area contributed by atoms with Gasteiger partial charge < -0.3 is 10.3 Å². The molecule has 2 N–H and O–H groups in total. The Balaban J connectivity index is 1.94. The van der Waals surface area contributed by atoms with Gasteiger partial charge in [0.2, 0.25) is 0 Å². The fourth-order valence-electron chi connectivity index (χ4n) is 4.20. The van der Waals surface area contributed by atoms with E-state index in [1.165, 1.54) is 42.4 Å². The largest absolute Gasteiger partial charge is 0.358 e. The predicted molar refractivity (Wildman–Crippen MR) is 74.6 cm³/mol. The van der Waals surface area contributed by atoms with Crippen LogP contribution < -0.4 is 5.32 Å². The second-order valence-electron chi connectivity index (χ2n) is 5.82. The number of para-hydroxylation sites is 1. The summed E-state index contributed by atoms with van der Waals surface area (Å²) in [6.07, 6.45) is 3.88. The fourth-order valence-corrected chi connectivity index (χ4v) is 4.20. The number of aromatic nitrogens is 1. The minimum atomic E-state index is 0.577. The van der Waals surface area contributed by atoms with Gasteiger partial charge in [-0.05, 0) is 42.9 Å². The van der Waals surface area contributed by atoms with E-state index in [0.717, 1.165) is 11.8 Å². The molecule has 2 heterocycles. The zero-order chi connectivity index (χ0) is 12.1. The van der Waals surface area contributed by atoms with Gasteiger partial charge in [0, 0.05) is 22.6 Å². The van der Waals surface area contributed by atoms with Crippen LogP contribution in [0.15, 0.2) is 24.3 Å². The van der Waals surface area contributed by atoms with E-state index in [-0.39, 0.29) is 0 Å². The lowest BCUT2D eigenvalue weighted by molar-refractivity contribution is 0.165. The highest BCUT2D eigenvalue weighted by atomic mass is 15.0. The van der Waals surface area contributed by atoms with Gasteiger partial charge in [0.25, 0.3) is 0 Å². The molecule has 3 atom stereocenters. The van der Waals surface area contributed by atoms with Crippen molar-refractivity contribution in [2.45, 2.75) is 32.2 Å². The first-order valence-electron chi connectivity index (χ1n) is 7.21. The van der Waals surface area contributed by atoms with E-state index in [4.69, 9.17) is 0 Å². The molecule has 0 unspecified atom stereocenters. The van der Waals surface area contributed by atoms with Crippen LogP contribution in [0.2, 0.25) is 0 Å². The molecule has 2 heteroatoms. The lowest BCUT2D eigenvalue weighted by atomic mass is 9.69. The first-order valence-corrected chi connectivity index (χ1v) is 7.21. The van der Waals surface area contributed by atoms with Crippen LogP contribution in [0, 0.1) is 11.8 Å². The van der Waals surface area contributed by atoms with E-state index < -0.39 is 0 Å². The maximum absolute atomic E-state index is 3.77. The van der Waals surface area contributed by atoms with Crippen molar-refractivity contribution >= 4 is 10.9 Å². The van der Waals surface area contributed by atoms with Crippen molar-refractivity contribution < 1.29 is 0 Å². The maximum atomic E-state index is 3.77. The Morgan fingerprint density at radius 3 is 3.06 bits per heavy atom. The van der Waals surface area contributed by atoms with Crippen molar-refractivity contribution in [1.29, 1.82) is 0 Å². The monoisotopic (exact) mass is 240 g/mol. The van der Waals surface area contributed by atoms with Gasteiger partial charge >= 0.3 is 0 Å². The smallest absolute Gasteiger partial charge is 0.0459 e. The Bertz CT molecular complexity index is 584. The van der Waals surface area contributed by atoms with Crippen LogP contribution in [0.1, 0.15) is 37.1 Å². The zero-order valence-electron chi connectivity index (χ0n) is 10.9. The molecule has 4 rings (SSSR count). The van der Waals surface area contributed by atoms with Crippen molar-refractivity contribution in [3.63, 3.8) is 0 Å². The van der Waals surface area contributed by atoms with E-state index in [0.29, 0.717) is 6.04 Å². The van der Waals surface area contributed by atoms with Gasteiger partial charge in [-0.15, -0.1) is 0 Å². The molecule has 2 bridgehead atoms. The van der Waals surface area contributed by atoms with Crippen molar-refractivity contribution in [2.75, 3.05) is 6.54 Å². The quantitative estimate of drug-likeness (QED) is 0.785. The minimum absolute atomic E-state index is 0.577. The lowest BCUT2D eigenvalue weighted by Gasteiger charge is -2.43. The maximum Gasteiger partial charge on any atom is 0.0459 e. The Labute approximate surface area is 108 Å². The number of benzene rings is 1. The molecule has 1 fully saturated rings. The topological polar surface area (TPSA) is 27.8 Å². The van der Waals surface area contributed by atoms with Gasteiger partial charge in [0.1, 0.15) is 0 Å². The minimum Gasteiger partial charge on any atom is -0.358 e. The van der Waals surface area contributed by atoms with Gasteiger partial charge in [-0.1, -0.05) is 31.5 Å². The molecule has 2 aliphatic rings. The molecule has 18 heavy (non-hydrogen) atoms. The van der Waals surface area contributed by atoms with E-state index >= 15 is 0 Å². The third-order valence-corrected chi connectivity index (χ3v) is 4.99. The molecule has 0 amide bonds. The molecule has 0 radical (unpaired) electrons. The molecule has 0 saturated carbocycles. The highest BCUT2D eigenvalue weighted by Gasteiger charge is 2.39. The van der Waals surface area contributed by atoms with Gasteiger partial charge in [-0.2, -0.15) is 0 Å². The van der Waals surface area contributed by atoms with E-state index in [1.54, 1.807) is 5.56 Å². The Hall–Kier alpha value is -1.28. The van der Waals surface area contributed by atoms with Crippen molar-refractivity contribution in [3.05, 3.63) is 35.5 Å². The zero-order valence-corrected chi connectivity index (χ0v) is 10.9. The van der Waals surface area contributed by atoms with Gasteiger partial charge in [-0.3, -0.25) is 0 Å². The summed E-state index contributed by atoms with van der Waals surface area (Å²) in [5.41, 5.74) is 4.36. The SMILES string of the molecule is CC[C@H]1[C@@H]2CCN[C@H]1c1c([nH]c3ccccc13)C2. The number of rotatable bonds is 1. The van der Waals surface area contributed by atoms with Gasteiger partial charge in [0.05, 0.1) is 0 Å². The van der Waals surface area contributed by atoms with Crippen LogP contribution >= 0.6 is 0 Å². The van der Waals surface area contributed by atoms with Crippen molar-refractivity contribution in [3.8, 4) is 0 Å². The number of piperidine rings is 1. The summed E-state index contributed by atoms with van der Waals surface area (Å²) in [5, 5.41) is 5.20. The number of H-pyrrole nitrogens is 1. The van der Waals surface area contributed by atoms with E-state index in [9.17, 15) is 0 Å². The number of nitrogens with one attached hydrogen (secondary N) is 2. The second kappa shape index (κ2) is 3.86. The number of aromatic amines is 1. The number of fused-ring (bicyclic) bond motifs is 6. The van der Waals surface area contributed by atoms with Crippen LogP contribution in [0.5, 0.6) is 0 Å². The second-order valence-corrected chi connectivity index (χ2v) is 5.82. The Kier molecular flexibility index (Phi) is 2.28. The van der Waals surface area contributed by atoms with Crippen LogP contribution in [0.3, 0.4) is 0 Å². The summed E-state index contributed by atoms with van der Waals surface area (Å²) in [4.78, 5) is 3.65. The standard InChI is InChI=1S/C16H20N2/c1-2-11-10-7-8-17-16(11)15-12-5-3-4-6-13(12)18-14(15)9-10/h3-6,10-11,16-18H,2,7-9H2,1H3/t10-,11+,16-/m1/s1. The number of hydrogen-bond donors (Lipinski definition) is 2. The summed E-state index contributed by atoms with van der Waals surface area (Å²) >= 11 is 0. The molecule has 1 aromatic carbocycles. The molecule has 1 saturated heterocycles. The van der Waals surface area contributed by atoms with Gasteiger partial charge in [-0.25, -0.2) is 0 Å². The molecular weight excluding hydrogens is 220 g/mol. The van der Waals surface area contributed by atoms with Crippen LogP contribution in [-0.4, -0.2) is 11.5 Å². The summed E-state index contributed by atoms with van der Waals surface area (Å²) < 4.78 is 0. The van der Waals surface area contributed by atoms with Crippen molar-refractivity contribution in [2.24, 2.45) is 11.8 Å². The highest BCUT2D eigenvalue weighted by Crippen LogP contribution is 2.46. The Morgan fingerprint density at radius 2 is 2.17 bits per heavy atom. The summed E-state index contributed by atoms with van der Waals surface area (Å²) in [6.45, 7) is 3.53. The molecule has 0 spiro atoms.